The molecule has 0 unspecified atom stereocenters. The Balaban J connectivity index is 1.73. The smallest absolute Gasteiger partial charge is 0.167 e. The predicted octanol–water partition coefficient (Wildman–Crippen LogP) is 3.63. The van der Waals surface area contributed by atoms with Crippen LogP contribution in [0, 0.1) is 19.8 Å². The van der Waals surface area contributed by atoms with E-state index in [9.17, 15) is 4.79 Å². The second-order valence-corrected chi connectivity index (χ2v) is 7.47. The Hall–Kier alpha value is -2.34. The Morgan fingerprint density at radius 2 is 1.96 bits per heavy atom. The number of carbonyl (C=O) groups excluding carboxylic acids is 1. The van der Waals surface area contributed by atoms with Gasteiger partial charge in [-0.2, -0.15) is 5.10 Å². The molecule has 0 bridgehead atoms. The van der Waals surface area contributed by atoms with Crippen molar-refractivity contribution in [2.75, 3.05) is 27.3 Å². The van der Waals surface area contributed by atoms with Gasteiger partial charge in [0.25, 0.3) is 0 Å². The summed E-state index contributed by atoms with van der Waals surface area (Å²) in [5, 5.41) is 4.63. The third-order valence-electron chi connectivity index (χ3n) is 5.76. The summed E-state index contributed by atoms with van der Waals surface area (Å²) >= 11 is 0. The highest BCUT2D eigenvalue weighted by Crippen LogP contribution is 2.30. The average molecular weight is 386 g/mol. The molecule has 2 aromatic rings. The minimum atomic E-state index is 0.00804. The van der Waals surface area contributed by atoms with Crippen LogP contribution in [0.4, 0.5) is 0 Å². The highest BCUT2D eigenvalue weighted by atomic mass is 16.5. The third-order valence-corrected chi connectivity index (χ3v) is 5.76. The van der Waals surface area contributed by atoms with Crippen LogP contribution in [0.2, 0.25) is 0 Å². The van der Waals surface area contributed by atoms with E-state index in [0.29, 0.717) is 17.1 Å². The number of hydrogen-bond donors (Lipinski definition) is 0. The molecule has 1 aliphatic heterocycles. The van der Waals surface area contributed by atoms with E-state index in [2.05, 4.69) is 35.5 Å². The normalized spacial score (nSPS) is 17.5. The standard InChI is InChI=1S/C22H31N3O3/c1-6-25-16(3)19(15(2)23-25)14-24-11-7-8-18(13-24)22(26)17-9-10-20(27-4)21(12-17)28-5/h9-10,12,18H,6-8,11,13-14H2,1-5H3/t18-/m1/s1. The van der Waals surface area contributed by atoms with Crippen LogP contribution in [-0.4, -0.2) is 47.8 Å². The molecule has 0 aliphatic carbocycles. The summed E-state index contributed by atoms with van der Waals surface area (Å²) in [4.78, 5) is 15.5. The number of ketones is 1. The first-order valence-corrected chi connectivity index (χ1v) is 9.99. The molecule has 0 radical (unpaired) electrons. The van der Waals surface area contributed by atoms with Gasteiger partial charge in [-0.3, -0.25) is 14.4 Å². The molecule has 1 aromatic carbocycles. The minimum absolute atomic E-state index is 0.00804. The fourth-order valence-electron chi connectivity index (χ4n) is 4.13. The molecular formula is C22H31N3O3. The quantitative estimate of drug-likeness (QED) is 0.681. The number of Topliss-reactive ketones (excluding diaryl/α,β-unsaturated/α-hetero) is 1. The van der Waals surface area contributed by atoms with Crippen molar-refractivity contribution in [1.29, 1.82) is 0 Å². The molecule has 1 saturated heterocycles. The molecule has 6 heteroatoms. The number of rotatable bonds is 7. The van der Waals surface area contributed by atoms with Crippen LogP contribution in [0.3, 0.4) is 0 Å². The molecule has 0 amide bonds. The van der Waals surface area contributed by atoms with E-state index in [4.69, 9.17) is 9.47 Å². The molecule has 152 valence electrons. The fraction of sp³-hybridized carbons (Fsp3) is 0.545. The summed E-state index contributed by atoms with van der Waals surface area (Å²) in [6.07, 6.45) is 1.96. The first-order valence-electron chi connectivity index (χ1n) is 9.99. The van der Waals surface area contributed by atoms with Crippen molar-refractivity contribution < 1.29 is 14.3 Å². The Kier molecular flexibility index (Phi) is 6.39. The van der Waals surface area contributed by atoms with Crippen molar-refractivity contribution in [2.24, 2.45) is 5.92 Å². The van der Waals surface area contributed by atoms with Gasteiger partial charge in [0.05, 0.1) is 19.9 Å². The molecule has 28 heavy (non-hydrogen) atoms. The number of likely N-dealkylation sites (tertiary alicyclic amines) is 1. The SMILES string of the molecule is CCn1nc(C)c(CN2CCC[C@@H](C(=O)c3ccc(OC)c(OC)c3)C2)c1C. The van der Waals surface area contributed by atoms with E-state index in [1.165, 1.54) is 11.3 Å². The monoisotopic (exact) mass is 385 g/mol. The number of ether oxygens (including phenoxy) is 2. The Labute approximate surface area is 167 Å². The van der Waals surface area contributed by atoms with Crippen LogP contribution >= 0.6 is 0 Å². The van der Waals surface area contributed by atoms with Gasteiger partial charge in [0.2, 0.25) is 0 Å². The van der Waals surface area contributed by atoms with Crippen LogP contribution < -0.4 is 9.47 Å². The second-order valence-electron chi connectivity index (χ2n) is 7.47. The second kappa shape index (κ2) is 8.78. The number of piperidine rings is 1. The lowest BCUT2D eigenvalue weighted by molar-refractivity contribution is 0.0811. The van der Waals surface area contributed by atoms with E-state index in [-0.39, 0.29) is 11.7 Å². The number of nitrogens with zero attached hydrogens (tertiary/aromatic N) is 3. The summed E-state index contributed by atoms with van der Waals surface area (Å²) in [6, 6.07) is 5.43. The van der Waals surface area contributed by atoms with Gasteiger partial charge in [-0.15, -0.1) is 0 Å². The average Bonchev–Trinajstić information content (AvgIpc) is 3.00. The Morgan fingerprint density at radius 1 is 1.21 bits per heavy atom. The van der Waals surface area contributed by atoms with Crippen molar-refractivity contribution in [3.8, 4) is 11.5 Å². The van der Waals surface area contributed by atoms with Crippen LogP contribution in [0.15, 0.2) is 18.2 Å². The number of hydrogen-bond acceptors (Lipinski definition) is 5. The molecule has 0 spiro atoms. The first-order chi connectivity index (χ1) is 13.5. The van der Waals surface area contributed by atoms with Gasteiger partial charge in [-0.25, -0.2) is 0 Å². The molecular weight excluding hydrogens is 354 g/mol. The maximum atomic E-state index is 13.1. The Bertz CT molecular complexity index is 844. The van der Waals surface area contributed by atoms with Crippen LogP contribution in [-0.2, 0) is 13.1 Å². The highest BCUT2D eigenvalue weighted by molar-refractivity contribution is 5.98. The number of aryl methyl sites for hydroxylation is 2. The molecule has 0 N–H and O–H groups in total. The first kappa shape index (κ1) is 20.4. The lowest BCUT2D eigenvalue weighted by Gasteiger charge is -2.32. The molecule has 1 aliphatic rings. The number of benzene rings is 1. The maximum Gasteiger partial charge on any atom is 0.167 e. The lowest BCUT2D eigenvalue weighted by Crippen LogP contribution is -2.38. The zero-order valence-corrected chi connectivity index (χ0v) is 17.6. The summed E-state index contributed by atoms with van der Waals surface area (Å²) in [7, 11) is 3.19. The van der Waals surface area contributed by atoms with E-state index in [1.54, 1.807) is 26.4 Å². The number of aromatic nitrogens is 2. The van der Waals surface area contributed by atoms with Crippen molar-refractivity contribution >= 4 is 5.78 Å². The summed E-state index contributed by atoms with van der Waals surface area (Å²) in [5.41, 5.74) is 4.30. The third kappa shape index (κ3) is 4.07. The molecule has 1 aromatic heterocycles. The zero-order chi connectivity index (χ0) is 20.3. The topological polar surface area (TPSA) is 56.6 Å². The molecule has 3 rings (SSSR count). The van der Waals surface area contributed by atoms with Gasteiger partial charge in [0, 0.05) is 42.4 Å². The largest absolute Gasteiger partial charge is 0.493 e. The number of carbonyl (C=O) groups is 1. The zero-order valence-electron chi connectivity index (χ0n) is 17.6. The molecule has 1 fully saturated rings. The van der Waals surface area contributed by atoms with Crippen molar-refractivity contribution in [3.05, 3.63) is 40.7 Å². The van der Waals surface area contributed by atoms with Crippen LogP contribution in [0.5, 0.6) is 11.5 Å². The van der Waals surface area contributed by atoms with E-state index in [0.717, 1.165) is 44.7 Å². The van der Waals surface area contributed by atoms with Crippen molar-refractivity contribution in [2.45, 2.75) is 46.7 Å². The van der Waals surface area contributed by atoms with Gasteiger partial charge in [-0.05, 0) is 58.4 Å². The molecule has 0 saturated carbocycles. The predicted molar refractivity (Wildman–Crippen MR) is 109 cm³/mol. The fourth-order valence-corrected chi connectivity index (χ4v) is 4.13. The summed E-state index contributed by atoms with van der Waals surface area (Å²) in [5.74, 6) is 1.43. The van der Waals surface area contributed by atoms with Gasteiger partial charge >= 0.3 is 0 Å². The Morgan fingerprint density at radius 3 is 2.61 bits per heavy atom. The van der Waals surface area contributed by atoms with Crippen molar-refractivity contribution in [1.82, 2.24) is 14.7 Å². The molecule has 2 heterocycles. The maximum absolute atomic E-state index is 13.1. The minimum Gasteiger partial charge on any atom is -0.493 e. The van der Waals surface area contributed by atoms with Gasteiger partial charge in [-0.1, -0.05) is 0 Å². The van der Waals surface area contributed by atoms with Crippen molar-refractivity contribution in [3.63, 3.8) is 0 Å². The molecule has 1 atom stereocenters. The highest BCUT2D eigenvalue weighted by Gasteiger charge is 2.28. The van der Waals surface area contributed by atoms with Crippen LogP contribution in [0.25, 0.3) is 0 Å². The van der Waals surface area contributed by atoms with E-state index in [1.807, 2.05) is 6.07 Å². The van der Waals surface area contributed by atoms with Gasteiger partial charge in [0.1, 0.15) is 0 Å². The van der Waals surface area contributed by atoms with E-state index < -0.39 is 0 Å². The lowest BCUT2D eigenvalue weighted by atomic mass is 9.89. The summed E-state index contributed by atoms with van der Waals surface area (Å²) in [6.45, 7) is 9.86. The van der Waals surface area contributed by atoms with Gasteiger partial charge < -0.3 is 9.47 Å². The van der Waals surface area contributed by atoms with Gasteiger partial charge in [0.15, 0.2) is 17.3 Å². The van der Waals surface area contributed by atoms with Crippen LogP contribution in [0.1, 0.15) is 47.1 Å². The van der Waals surface area contributed by atoms with E-state index >= 15 is 0 Å². The number of methoxy groups -OCH3 is 2. The summed E-state index contributed by atoms with van der Waals surface area (Å²) < 4.78 is 12.7. The molecule has 6 nitrogen and oxygen atoms in total.